The van der Waals surface area contributed by atoms with Crippen molar-refractivity contribution in [2.45, 2.75) is 52.7 Å². The van der Waals surface area contributed by atoms with Gasteiger partial charge in [-0.25, -0.2) is 0 Å². The molecule has 0 aromatic heterocycles. The number of hydrogen-bond acceptors (Lipinski definition) is 3. The average Bonchev–Trinajstić information content (AvgIpc) is 2.37. The maximum atomic E-state index is 11.9. The number of hydrogen-bond donors (Lipinski definition) is 2. The van der Waals surface area contributed by atoms with Gasteiger partial charge in [-0.05, 0) is 50.3 Å². The first kappa shape index (κ1) is 17.5. The van der Waals surface area contributed by atoms with Crippen LogP contribution in [0.3, 0.4) is 0 Å². The number of nitrogens with one attached hydrogen (secondary N) is 1. The van der Waals surface area contributed by atoms with Crippen molar-refractivity contribution in [1.29, 1.82) is 0 Å². The van der Waals surface area contributed by atoms with Crippen LogP contribution in [0.25, 0.3) is 0 Å². The van der Waals surface area contributed by atoms with Gasteiger partial charge in [-0.3, -0.25) is 4.79 Å². The van der Waals surface area contributed by atoms with Crippen LogP contribution in [0.15, 0.2) is 24.3 Å². The number of amides is 1. The minimum atomic E-state index is -0.497. The van der Waals surface area contributed by atoms with Crippen LogP contribution < -0.4 is 15.8 Å². The number of carbonyl (C=O) groups is 1. The lowest BCUT2D eigenvalue weighted by molar-refractivity contribution is -0.127. The lowest BCUT2D eigenvalue weighted by Crippen LogP contribution is -2.37. The van der Waals surface area contributed by atoms with Gasteiger partial charge in [-0.1, -0.05) is 26.0 Å². The maximum absolute atomic E-state index is 11.9. The van der Waals surface area contributed by atoms with Gasteiger partial charge in [0.1, 0.15) is 5.75 Å². The summed E-state index contributed by atoms with van der Waals surface area (Å²) < 4.78 is 5.70. The van der Waals surface area contributed by atoms with Crippen molar-refractivity contribution in [3.05, 3.63) is 29.8 Å². The van der Waals surface area contributed by atoms with E-state index in [2.05, 4.69) is 19.2 Å². The molecule has 118 valence electrons. The lowest BCUT2D eigenvalue weighted by atomic mass is 10.1. The first-order valence-electron chi connectivity index (χ1n) is 7.67. The second-order valence-corrected chi connectivity index (χ2v) is 6.06. The molecule has 21 heavy (non-hydrogen) atoms. The smallest absolute Gasteiger partial charge is 0.260 e. The van der Waals surface area contributed by atoms with Crippen molar-refractivity contribution in [3.8, 4) is 5.75 Å². The standard InChI is InChI=1S/C17H28N2O2/c1-12(2)8-9-19-17(20)14(4)21-16-7-5-6-15(11-16)10-13(3)18/h5-7,11-14H,8-10,18H2,1-4H3,(H,19,20). The average molecular weight is 292 g/mol. The van der Waals surface area contributed by atoms with E-state index < -0.39 is 6.10 Å². The summed E-state index contributed by atoms with van der Waals surface area (Å²) in [6.45, 7) is 8.70. The molecule has 0 aliphatic carbocycles. The molecule has 2 unspecified atom stereocenters. The monoisotopic (exact) mass is 292 g/mol. The molecule has 4 heteroatoms. The van der Waals surface area contributed by atoms with E-state index in [0.29, 0.717) is 18.2 Å². The lowest BCUT2D eigenvalue weighted by Gasteiger charge is -2.16. The molecule has 1 aromatic rings. The highest BCUT2D eigenvalue weighted by Gasteiger charge is 2.14. The van der Waals surface area contributed by atoms with Gasteiger partial charge in [-0.15, -0.1) is 0 Å². The molecule has 3 N–H and O–H groups in total. The minimum Gasteiger partial charge on any atom is -0.481 e. The normalized spacial score (nSPS) is 13.8. The minimum absolute atomic E-state index is 0.0757. The van der Waals surface area contributed by atoms with Crippen LogP contribution in [0.5, 0.6) is 5.75 Å². The Bertz CT molecular complexity index is 444. The Morgan fingerprint density at radius 3 is 2.62 bits per heavy atom. The zero-order chi connectivity index (χ0) is 15.8. The predicted octanol–water partition coefficient (Wildman–Crippen LogP) is 2.51. The van der Waals surface area contributed by atoms with Gasteiger partial charge in [0.2, 0.25) is 0 Å². The van der Waals surface area contributed by atoms with Crippen molar-refractivity contribution in [2.75, 3.05) is 6.54 Å². The molecule has 0 saturated carbocycles. The molecule has 0 fully saturated rings. The molecule has 1 aromatic carbocycles. The van der Waals surface area contributed by atoms with Crippen molar-refractivity contribution >= 4 is 5.91 Å². The highest BCUT2D eigenvalue weighted by molar-refractivity contribution is 5.80. The first-order valence-corrected chi connectivity index (χ1v) is 7.67. The first-order chi connectivity index (χ1) is 9.88. The Morgan fingerprint density at radius 2 is 2.00 bits per heavy atom. The summed E-state index contributed by atoms with van der Waals surface area (Å²) in [6, 6.07) is 7.86. The van der Waals surface area contributed by atoms with E-state index >= 15 is 0 Å². The van der Waals surface area contributed by atoms with Crippen molar-refractivity contribution in [2.24, 2.45) is 11.7 Å². The quantitative estimate of drug-likeness (QED) is 0.774. The van der Waals surface area contributed by atoms with Gasteiger partial charge in [0.25, 0.3) is 5.91 Å². The molecule has 0 heterocycles. The molecule has 0 aliphatic heterocycles. The van der Waals surface area contributed by atoms with Crippen LogP contribution in [0.4, 0.5) is 0 Å². The van der Waals surface area contributed by atoms with Crippen LogP contribution in [0.2, 0.25) is 0 Å². The van der Waals surface area contributed by atoms with Gasteiger partial charge in [0.15, 0.2) is 6.10 Å². The van der Waals surface area contributed by atoms with Crippen LogP contribution in [0, 0.1) is 5.92 Å². The number of carbonyl (C=O) groups excluding carboxylic acids is 1. The van der Waals surface area contributed by atoms with E-state index in [9.17, 15) is 4.79 Å². The summed E-state index contributed by atoms with van der Waals surface area (Å²) >= 11 is 0. The highest BCUT2D eigenvalue weighted by Crippen LogP contribution is 2.16. The largest absolute Gasteiger partial charge is 0.481 e. The van der Waals surface area contributed by atoms with E-state index in [0.717, 1.165) is 18.4 Å². The molecule has 0 radical (unpaired) electrons. The predicted molar refractivity (Wildman–Crippen MR) is 86.4 cm³/mol. The van der Waals surface area contributed by atoms with E-state index in [4.69, 9.17) is 10.5 Å². The maximum Gasteiger partial charge on any atom is 0.260 e. The van der Waals surface area contributed by atoms with E-state index in [1.165, 1.54) is 0 Å². The van der Waals surface area contributed by atoms with Gasteiger partial charge in [0.05, 0.1) is 0 Å². The van der Waals surface area contributed by atoms with Crippen LogP contribution in [-0.2, 0) is 11.2 Å². The highest BCUT2D eigenvalue weighted by atomic mass is 16.5. The van der Waals surface area contributed by atoms with E-state index in [-0.39, 0.29) is 11.9 Å². The summed E-state index contributed by atoms with van der Waals surface area (Å²) in [4.78, 5) is 11.9. The Morgan fingerprint density at radius 1 is 1.29 bits per heavy atom. The van der Waals surface area contributed by atoms with Crippen LogP contribution in [0.1, 0.15) is 39.7 Å². The zero-order valence-corrected chi connectivity index (χ0v) is 13.6. The van der Waals surface area contributed by atoms with E-state index in [1.54, 1.807) is 6.92 Å². The molecule has 0 saturated heterocycles. The van der Waals surface area contributed by atoms with Gasteiger partial charge in [0, 0.05) is 12.6 Å². The molecular formula is C17H28N2O2. The Hall–Kier alpha value is -1.55. The molecule has 1 rings (SSSR count). The fourth-order valence-electron chi connectivity index (χ4n) is 2.00. The number of benzene rings is 1. The van der Waals surface area contributed by atoms with Crippen LogP contribution in [-0.4, -0.2) is 24.6 Å². The SMILES string of the molecule is CC(C)CCNC(=O)C(C)Oc1cccc(CC(C)N)c1. The number of rotatable bonds is 8. The summed E-state index contributed by atoms with van der Waals surface area (Å²) in [7, 11) is 0. The van der Waals surface area contributed by atoms with E-state index in [1.807, 2.05) is 31.2 Å². The summed E-state index contributed by atoms with van der Waals surface area (Å²) in [5.41, 5.74) is 6.92. The number of ether oxygens (including phenoxy) is 1. The zero-order valence-electron chi connectivity index (χ0n) is 13.6. The van der Waals surface area contributed by atoms with Gasteiger partial charge < -0.3 is 15.8 Å². The fraction of sp³-hybridized carbons (Fsp3) is 0.588. The molecule has 2 atom stereocenters. The summed E-state index contributed by atoms with van der Waals surface area (Å²) in [5, 5.41) is 2.90. The van der Waals surface area contributed by atoms with Crippen molar-refractivity contribution in [3.63, 3.8) is 0 Å². The molecule has 0 spiro atoms. The third-order valence-electron chi connectivity index (χ3n) is 3.16. The number of nitrogens with two attached hydrogens (primary N) is 1. The topological polar surface area (TPSA) is 64.3 Å². The van der Waals surface area contributed by atoms with Gasteiger partial charge in [-0.2, -0.15) is 0 Å². The second-order valence-electron chi connectivity index (χ2n) is 6.06. The van der Waals surface area contributed by atoms with Crippen LogP contribution >= 0.6 is 0 Å². The molecule has 4 nitrogen and oxygen atoms in total. The Balaban J connectivity index is 2.49. The Labute approximate surface area is 128 Å². The second kappa shape index (κ2) is 8.67. The Kier molecular flexibility index (Phi) is 7.23. The van der Waals surface area contributed by atoms with Crippen molar-refractivity contribution < 1.29 is 9.53 Å². The third kappa shape index (κ3) is 7.14. The molecular weight excluding hydrogens is 264 g/mol. The van der Waals surface area contributed by atoms with Gasteiger partial charge >= 0.3 is 0 Å². The molecule has 0 bridgehead atoms. The molecule has 0 aliphatic rings. The van der Waals surface area contributed by atoms with Crippen molar-refractivity contribution in [1.82, 2.24) is 5.32 Å². The molecule has 1 amide bonds. The summed E-state index contributed by atoms with van der Waals surface area (Å²) in [5.74, 6) is 1.21. The third-order valence-corrected chi connectivity index (χ3v) is 3.16. The fourth-order valence-corrected chi connectivity index (χ4v) is 2.00. The summed E-state index contributed by atoms with van der Waals surface area (Å²) in [6.07, 6.45) is 1.27.